The highest BCUT2D eigenvalue weighted by Gasteiger charge is 2.09. The van der Waals surface area contributed by atoms with E-state index in [4.69, 9.17) is 0 Å². The topological polar surface area (TPSA) is 73.0 Å². The van der Waals surface area contributed by atoms with E-state index in [-0.39, 0.29) is 5.69 Å². The van der Waals surface area contributed by atoms with Crippen LogP contribution in [0.4, 0.5) is 11.4 Å². The van der Waals surface area contributed by atoms with Crippen LogP contribution in [0.3, 0.4) is 0 Å². The maximum Gasteiger partial charge on any atom is 0.270 e. The predicted octanol–water partition coefficient (Wildman–Crippen LogP) is 4.21. The first-order valence-corrected chi connectivity index (χ1v) is 8.14. The molecule has 0 saturated heterocycles. The summed E-state index contributed by atoms with van der Waals surface area (Å²) in [5.74, 6) is 0. The Morgan fingerprint density at radius 1 is 1.17 bits per heavy atom. The minimum Gasteiger partial charge on any atom is -0.380 e. The van der Waals surface area contributed by atoms with Crippen LogP contribution in [0.5, 0.6) is 0 Å². The van der Waals surface area contributed by atoms with Gasteiger partial charge in [0, 0.05) is 40.6 Å². The van der Waals surface area contributed by atoms with Gasteiger partial charge >= 0.3 is 0 Å². The summed E-state index contributed by atoms with van der Waals surface area (Å²) >= 11 is 3.35. The average Bonchev–Trinajstić information content (AvgIpc) is 3.02. The van der Waals surface area contributed by atoms with E-state index in [2.05, 4.69) is 38.5 Å². The van der Waals surface area contributed by atoms with E-state index in [1.807, 2.05) is 35.3 Å². The molecule has 6 nitrogen and oxygen atoms in total. The Morgan fingerprint density at radius 3 is 2.67 bits per heavy atom. The highest BCUT2D eigenvalue weighted by atomic mass is 79.9. The van der Waals surface area contributed by atoms with Gasteiger partial charge in [-0.2, -0.15) is 5.10 Å². The number of rotatable bonds is 6. The van der Waals surface area contributed by atoms with Crippen molar-refractivity contribution in [1.29, 1.82) is 0 Å². The van der Waals surface area contributed by atoms with Gasteiger partial charge in [-0.15, -0.1) is 0 Å². The molecule has 0 aliphatic heterocycles. The number of non-ortho nitro benzene ring substituents is 1. The molecule has 1 heterocycles. The molecule has 0 aliphatic carbocycles. The lowest BCUT2D eigenvalue weighted by Crippen LogP contribution is -2.01. The largest absolute Gasteiger partial charge is 0.380 e. The maximum absolute atomic E-state index is 10.7. The Labute approximate surface area is 147 Å². The molecule has 0 unspecified atom stereocenters. The minimum atomic E-state index is -0.415. The second-order valence-corrected chi connectivity index (χ2v) is 6.16. The number of nitrogens with one attached hydrogen (secondary N) is 1. The lowest BCUT2D eigenvalue weighted by atomic mass is 10.2. The molecule has 7 heteroatoms. The van der Waals surface area contributed by atoms with Crippen molar-refractivity contribution >= 4 is 27.3 Å². The smallest absolute Gasteiger partial charge is 0.270 e. The van der Waals surface area contributed by atoms with Crippen molar-refractivity contribution in [3.8, 4) is 0 Å². The lowest BCUT2D eigenvalue weighted by Gasteiger charge is -2.07. The summed E-state index contributed by atoms with van der Waals surface area (Å²) in [6.07, 6.45) is 3.80. The third-order valence-corrected chi connectivity index (χ3v) is 4.18. The van der Waals surface area contributed by atoms with Crippen molar-refractivity contribution in [1.82, 2.24) is 9.78 Å². The molecule has 2 aromatic carbocycles. The molecule has 1 N–H and O–H groups in total. The van der Waals surface area contributed by atoms with Crippen molar-refractivity contribution < 1.29 is 4.92 Å². The number of benzene rings is 2. The fourth-order valence-electron chi connectivity index (χ4n) is 2.31. The molecule has 3 aromatic rings. The van der Waals surface area contributed by atoms with Crippen LogP contribution in [-0.2, 0) is 13.1 Å². The van der Waals surface area contributed by atoms with Crippen LogP contribution in [-0.4, -0.2) is 14.7 Å². The van der Waals surface area contributed by atoms with E-state index in [9.17, 15) is 10.1 Å². The van der Waals surface area contributed by atoms with E-state index in [0.29, 0.717) is 11.0 Å². The summed E-state index contributed by atoms with van der Waals surface area (Å²) in [6, 6.07) is 14.8. The van der Waals surface area contributed by atoms with Gasteiger partial charge in [-0.05, 0) is 27.6 Å². The lowest BCUT2D eigenvalue weighted by molar-refractivity contribution is -0.384. The summed E-state index contributed by atoms with van der Waals surface area (Å²) in [5.41, 5.74) is 3.09. The predicted molar refractivity (Wildman–Crippen MR) is 95.9 cm³/mol. The van der Waals surface area contributed by atoms with Crippen LogP contribution in [0.25, 0.3) is 0 Å². The number of anilines is 1. The Balaban J connectivity index is 1.62. The molecule has 3 rings (SSSR count). The number of nitrogens with zero attached hydrogens (tertiary/aromatic N) is 3. The first kappa shape index (κ1) is 16.2. The molecule has 0 radical (unpaired) electrons. The molecule has 0 fully saturated rings. The molecular formula is C17H15BrN4O2. The third-order valence-electron chi connectivity index (χ3n) is 3.52. The molecule has 1 aromatic heterocycles. The van der Waals surface area contributed by atoms with Crippen LogP contribution < -0.4 is 5.32 Å². The van der Waals surface area contributed by atoms with Gasteiger partial charge in [0.05, 0.1) is 17.7 Å². The van der Waals surface area contributed by atoms with Crippen LogP contribution in [0.15, 0.2) is 65.4 Å². The van der Waals surface area contributed by atoms with Crippen molar-refractivity contribution in [3.05, 3.63) is 86.6 Å². The molecule has 0 amide bonds. The zero-order chi connectivity index (χ0) is 16.9. The Hall–Kier alpha value is -2.67. The summed E-state index contributed by atoms with van der Waals surface area (Å²) in [5, 5.41) is 18.4. The zero-order valence-corrected chi connectivity index (χ0v) is 14.3. The second-order valence-electron chi connectivity index (χ2n) is 5.31. The normalized spacial score (nSPS) is 10.5. The number of nitro groups is 1. The fraction of sp³-hybridized carbons (Fsp3) is 0.118. The molecule has 0 saturated carbocycles. The fourth-order valence-corrected chi connectivity index (χ4v) is 2.82. The van der Waals surface area contributed by atoms with Crippen LogP contribution in [0, 0.1) is 10.1 Å². The SMILES string of the molecule is O=[N+]([O-])c1ccc(NCc2cnn(Cc3ccccc3)c2)c(Br)c1. The first-order valence-electron chi connectivity index (χ1n) is 7.35. The quantitative estimate of drug-likeness (QED) is 0.508. The van der Waals surface area contributed by atoms with Gasteiger partial charge in [0.15, 0.2) is 0 Å². The summed E-state index contributed by atoms with van der Waals surface area (Å²) in [4.78, 5) is 10.3. The van der Waals surface area contributed by atoms with E-state index < -0.39 is 4.92 Å². The van der Waals surface area contributed by atoms with Gasteiger partial charge in [-0.3, -0.25) is 14.8 Å². The first-order chi connectivity index (χ1) is 11.6. The number of halogens is 1. The molecule has 24 heavy (non-hydrogen) atoms. The highest BCUT2D eigenvalue weighted by molar-refractivity contribution is 9.10. The average molecular weight is 387 g/mol. The summed E-state index contributed by atoms with van der Waals surface area (Å²) < 4.78 is 2.55. The third kappa shape index (κ3) is 3.99. The molecular weight excluding hydrogens is 372 g/mol. The number of aromatic nitrogens is 2. The molecule has 122 valence electrons. The van der Waals surface area contributed by atoms with Crippen molar-refractivity contribution in [2.75, 3.05) is 5.32 Å². The van der Waals surface area contributed by atoms with Gasteiger partial charge < -0.3 is 5.32 Å². The molecule has 0 aliphatic rings. The van der Waals surface area contributed by atoms with Crippen molar-refractivity contribution in [2.24, 2.45) is 0 Å². The van der Waals surface area contributed by atoms with Crippen LogP contribution in [0.1, 0.15) is 11.1 Å². The molecule has 0 spiro atoms. The highest BCUT2D eigenvalue weighted by Crippen LogP contribution is 2.27. The van der Waals surface area contributed by atoms with E-state index in [1.54, 1.807) is 6.07 Å². The Morgan fingerprint density at radius 2 is 1.96 bits per heavy atom. The number of hydrogen-bond acceptors (Lipinski definition) is 4. The van der Waals surface area contributed by atoms with Crippen molar-refractivity contribution in [3.63, 3.8) is 0 Å². The number of nitro benzene ring substituents is 1. The van der Waals surface area contributed by atoms with Gasteiger partial charge in [0.2, 0.25) is 0 Å². The Bertz CT molecular complexity index is 849. The molecule has 0 atom stereocenters. The van der Waals surface area contributed by atoms with E-state index in [1.165, 1.54) is 17.7 Å². The van der Waals surface area contributed by atoms with Gasteiger partial charge in [-0.1, -0.05) is 30.3 Å². The Kier molecular flexibility index (Phi) is 4.90. The minimum absolute atomic E-state index is 0.0584. The van der Waals surface area contributed by atoms with Crippen molar-refractivity contribution in [2.45, 2.75) is 13.1 Å². The summed E-state index contributed by atoms with van der Waals surface area (Å²) in [6.45, 7) is 1.31. The van der Waals surface area contributed by atoms with Crippen LogP contribution in [0.2, 0.25) is 0 Å². The standard InChI is InChI=1S/C17H15BrN4O2/c18-16-8-15(22(23)24)6-7-17(16)19-9-14-10-20-21(12-14)11-13-4-2-1-3-5-13/h1-8,10,12,19H,9,11H2. The van der Waals surface area contributed by atoms with Crippen LogP contribution >= 0.6 is 15.9 Å². The monoisotopic (exact) mass is 386 g/mol. The molecule has 0 bridgehead atoms. The van der Waals surface area contributed by atoms with E-state index in [0.717, 1.165) is 17.8 Å². The van der Waals surface area contributed by atoms with Gasteiger partial charge in [0.25, 0.3) is 5.69 Å². The van der Waals surface area contributed by atoms with Gasteiger partial charge in [-0.25, -0.2) is 0 Å². The zero-order valence-electron chi connectivity index (χ0n) is 12.7. The van der Waals surface area contributed by atoms with E-state index >= 15 is 0 Å². The van der Waals surface area contributed by atoms with Gasteiger partial charge in [0.1, 0.15) is 0 Å². The number of hydrogen-bond donors (Lipinski definition) is 1. The maximum atomic E-state index is 10.7. The second kappa shape index (κ2) is 7.27. The summed E-state index contributed by atoms with van der Waals surface area (Å²) in [7, 11) is 0.